The Morgan fingerprint density at radius 2 is 1.93 bits per heavy atom. The zero-order chi connectivity index (χ0) is 20.8. The first-order valence-electron chi connectivity index (χ1n) is 8.36. The Bertz CT molecular complexity index is 1270. The van der Waals surface area contributed by atoms with Gasteiger partial charge in [0, 0.05) is 28.3 Å². The Labute approximate surface area is 170 Å². The van der Waals surface area contributed by atoms with Crippen LogP contribution in [0.4, 0.5) is 11.5 Å². The second kappa shape index (κ2) is 6.98. The van der Waals surface area contributed by atoms with Gasteiger partial charge in [-0.25, -0.2) is 13.1 Å². The number of fused-ring (bicyclic) bond motifs is 1. The number of hydrogen-bond donors (Lipinski definition) is 1. The van der Waals surface area contributed by atoms with E-state index in [1.54, 1.807) is 24.3 Å². The van der Waals surface area contributed by atoms with Crippen LogP contribution in [-0.4, -0.2) is 29.0 Å². The van der Waals surface area contributed by atoms with E-state index >= 15 is 0 Å². The molecular weight excluding hydrogens is 420 g/mol. The van der Waals surface area contributed by atoms with Gasteiger partial charge in [0.15, 0.2) is 9.84 Å². The van der Waals surface area contributed by atoms with Crippen molar-refractivity contribution in [1.29, 1.82) is 0 Å². The first-order valence-corrected chi connectivity index (χ1v) is 10.6. The van der Waals surface area contributed by atoms with Gasteiger partial charge in [-0.05, 0) is 24.3 Å². The molecule has 0 unspecified atom stereocenters. The van der Waals surface area contributed by atoms with Crippen LogP contribution in [0.3, 0.4) is 0 Å². The minimum Gasteiger partial charge on any atom is -0.306 e. The molecule has 4 rings (SSSR count). The number of non-ortho nitro benzene ring substituents is 1. The molecule has 0 fully saturated rings. The molecule has 0 atom stereocenters. The molecule has 1 N–H and O–H groups in total. The van der Waals surface area contributed by atoms with E-state index in [0.29, 0.717) is 22.0 Å². The SMILES string of the molecule is O=C(Nc1c2c(nn1-c1cccc(Cl)c1)CS(=O)(=O)C2)c1cccc([N+](=O)[O-])c1. The Morgan fingerprint density at radius 1 is 1.17 bits per heavy atom. The summed E-state index contributed by atoms with van der Waals surface area (Å²) in [5.74, 6) is -0.910. The number of halogens is 1. The number of nitrogens with one attached hydrogen (secondary N) is 1. The number of anilines is 1. The number of aromatic nitrogens is 2. The smallest absolute Gasteiger partial charge is 0.270 e. The maximum absolute atomic E-state index is 12.7. The van der Waals surface area contributed by atoms with Crippen molar-refractivity contribution in [1.82, 2.24) is 9.78 Å². The van der Waals surface area contributed by atoms with Crippen LogP contribution in [-0.2, 0) is 21.3 Å². The predicted molar refractivity (Wildman–Crippen MR) is 106 cm³/mol. The first kappa shape index (κ1) is 19.1. The van der Waals surface area contributed by atoms with Crippen molar-refractivity contribution in [3.63, 3.8) is 0 Å². The minimum atomic E-state index is -3.35. The molecule has 9 nitrogen and oxygen atoms in total. The van der Waals surface area contributed by atoms with Crippen molar-refractivity contribution in [3.05, 3.63) is 80.5 Å². The second-order valence-corrected chi connectivity index (χ2v) is 8.96. The fraction of sp³-hybridized carbons (Fsp3) is 0.111. The fourth-order valence-electron chi connectivity index (χ4n) is 3.11. The average molecular weight is 433 g/mol. The maximum Gasteiger partial charge on any atom is 0.270 e. The highest BCUT2D eigenvalue weighted by Gasteiger charge is 2.33. The highest BCUT2D eigenvalue weighted by molar-refractivity contribution is 7.90. The van der Waals surface area contributed by atoms with Crippen LogP contribution in [0.5, 0.6) is 0 Å². The molecule has 29 heavy (non-hydrogen) atoms. The summed E-state index contributed by atoms with van der Waals surface area (Å²) in [7, 11) is -3.35. The summed E-state index contributed by atoms with van der Waals surface area (Å²) in [4.78, 5) is 23.1. The summed E-state index contributed by atoms with van der Waals surface area (Å²) in [5.41, 5.74) is 1.11. The molecule has 0 aliphatic carbocycles. The molecule has 0 radical (unpaired) electrons. The quantitative estimate of drug-likeness (QED) is 0.499. The van der Waals surface area contributed by atoms with E-state index < -0.39 is 20.7 Å². The van der Waals surface area contributed by atoms with Crippen molar-refractivity contribution < 1.29 is 18.1 Å². The summed E-state index contributed by atoms with van der Waals surface area (Å²) in [6, 6.07) is 12.0. The number of carbonyl (C=O) groups excluding carboxylic acids is 1. The molecule has 0 saturated carbocycles. The van der Waals surface area contributed by atoms with Crippen LogP contribution in [0.15, 0.2) is 48.5 Å². The second-order valence-electron chi connectivity index (χ2n) is 6.46. The molecule has 148 valence electrons. The molecule has 11 heteroatoms. The monoisotopic (exact) mass is 432 g/mol. The van der Waals surface area contributed by atoms with Crippen LogP contribution >= 0.6 is 11.6 Å². The van der Waals surface area contributed by atoms with Crippen molar-refractivity contribution in [2.24, 2.45) is 0 Å². The molecule has 3 aromatic rings. The molecule has 1 aliphatic rings. The topological polar surface area (TPSA) is 124 Å². The van der Waals surface area contributed by atoms with Crippen LogP contribution in [0.2, 0.25) is 5.02 Å². The molecule has 0 bridgehead atoms. The molecule has 0 saturated heterocycles. The molecule has 1 aromatic heterocycles. The highest BCUT2D eigenvalue weighted by Crippen LogP contribution is 2.33. The third-order valence-corrected chi connectivity index (χ3v) is 6.07. The number of amides is 1. The number of benzene rings is 2. The Hall–Kier alpha value is -3.24. The maximum atomic E-state index is 12.7. The normalized spacial score (nSPS) is 14.4. The lowest BCUT2D eigenvalue weighted by atomic mass is 10.2. The van der Waals surface area contributed by atoms with Crippen LogP contribution in [0.25, 0.3) is 5.69 Å². The summed E-state index contributed by atoms with van der Waals surface area (Å²) in [6.07, 6.45) is 0. The van der Waals surface area contributed by atoms with Gasteiger partial charge in [-0.3, -0.25) is 14.9 Å². The Morgan fingerprint density at radius 3 is 2.66 bits per heavy atom. The van der Waals surface area contributed by atoms with Gasteiger partial charge in [0.05, 0.1) is 27.8 Å². The van der Waals surface area contributed by atoms with Crippen molar-refractivity contribution in [2.75, 3.05) is 5.32 Å². The molecule has 1 aliphatic heterocycles. The lowest BCUT2D eigenvalue weighted by Gasteiger charge is -2.11. The number of rotatable bonds is 4. The van der Waals surface area contributed by atoms with Crippen molar-refractivity contribution in [3.8, 4) is 5.69 Å². The lowest BCUT2D eigenvalue weighted by molar-refractivity contribution is -0.384. The van der Waals surface area contributed by atoms with E-state index in [0.717, 1.165) is 6.07 Å². The molecule has 1 amide bonds. The number of nitro benzene ring substituents is 1. The largest absolute Gasteiger partial charge is 0.306 e. The van der Waals surface area contributed by atoms with Crippen LogP contribution in [0, 0.1) is 10.1 Å². The van der Waals surface area contributed by atoms with Gasteiger partial charge in [0.2, 0.25) is 0 Å². The van der Waals surface area contributed by atoms with Gasteiger partial charge in [0.25, 0.3) is 11.6 Å². The highest BCUT2D eigenvalue weighted by atomic mass is 35.5. The standard InChI is InChI=1S/C18H13ClN4O5S/c19-12-4-2-5-13(8-12)22-17(15-9-29(27,28)10-16(15)21-22)20-18(24)11-3-1-6-14(7-11)23(25)26/h1-8H,9-10H2,(H,20,24). The Balaban J connectivity index is 1.77. The van der Waals surface area contributed by atoms with Crippen LogP contribution in [0.1, 0.15) is 21.6 Å². The third-order valence-electron chi connectivity index (χ3n) is 4.39. The van der Waals surface area contributed by atoms with Gasteiger partial charge < -0.3 is 5.32 Å². The summed E-state index contributed by atoms with van der Waals surface area (Å²) in [6.45, 7) is 0. The van der Waals surface area contributed by atoms with E-state index in [-0.39, 0.29) is 28.6 Å². The molecule has 2 aromatic carbocycles. The van der Waals surface area contributed by atoms with Crippen LogP contribution < -0.4 is 5.32 Å². The zero-order valence-corrected chi connectivity index (χ0v) is 16.3. The van der Waals surface area contributed by atoms with Gasteiger partial charge in [0.1, 0.15) is 5.82 Å². The predicted octanol–water partition coefficient (Wildman–Crippen LogP) is 3.11. The van der Waals surface area contributed by atoms with Gasteiger partial charge in [-0.1, -0.05) is 23.7 Å². The number of sulfone groups is 1. The zero-order valence-electron chi connectivity index (χ0n) is 14.7. The molecular formula is C18H13ClN4O5S. The number of hydrogen-bond acceptors (Lipinski definition) is 6. The molecule has 0 spiro atoms. The van der Waals surface area contributed by atoms with Gasteiger partial charge in [-0.15, -0.1) is 0 Å². The number of nitro groups is 1. The van der Waals surface area contributed by atoms with E-state index in [1.165, 1.54) is 22.9 Å². The fourth-order valence-corrected chi connectivity index (χ4v) is 4.78. The lowest BCUT2D eigenvalue weighted by Crippen LogP contribution is -2.17. The number of carbonyl (C=O) groups is 1. The van der Waals surface area contributed by atoms with Gasteiger partial charge >= 0.3 is 0 Å². The summed E-state index contributed by atoms with van der Waals surface area (Å²) in [5, 5.41) is 18.4. The van der Waals surface area contributed by atoms with Crippen molar-refractivity contribution in [2.45, 2.75) is 11.5 Å². The van der Waals surface area contributed by atoms with E-state index in [1.807, 2.05) is 0 Å². The minimum absolute atomic E-state index is 0.0626. The summed E-state index contributed by atoms with van der Waals surface area (Å²) < 4.78 is 25.5. The average Bonchev–Trinajstić information content (AvgIpc) is 3.14. The van der Waals surface area contributed by atoms with Crippen molar-refractivity contribution >= 4 is 38.9 Å². The Kier molecular flexibility index (Phi) is 4.59. The molecule has 2 heterocycles. The van der Waals surface area contributed by atoms with Gasteiger partial charge in [-0.2, -0.15) is 5.10 Å². The first-order chi connectivity index (χ1) is 13.7. The van der Waals surface area contributed by atoms with E-state index in [2.05, 4.69) is 10.4 Å². The number of nitrogens with zero attached hydrogens (tertiary/aromatic N) is 3. The van der Waals surface area contributed by atoms with E-state index in [9.17, 15) is 23.3 Å². The summed E-state index contributed by atoms with van der Waals surface area (Å²) >= 11 is 6.05. The van der Waals surface area contributed by atoms with E-state index in [4.69, 9.17) is 11.6 Å². The third kappa shape index (κ3) is 3.71.